The molecule has 0 fully saturated rings. The molecule has 2 aromatic carbocycles. The lowest BCUT2D eigenvalue weighted by Crippen LogP contribution is -2.17. The Balaban J connectivity index is 2.35. The van der Waals surface area contributed by atoms with E-state index in [1.165, 1.54) is 18.2 Å². The number of rotatable bonds is 4. The minimum Gasteiger partial charge on any atom is -0.321 e. The first-order valence-corrected chi connectivity index (χ1v) is 7.86. The van der Waals surface area contributed by atoms with Gasteiger partial charge in [0.15, 0.2) is 0 Å². The molecule has 2 aromatic rings. The van der Waals surface area contributed by atoms with Gasteiger partial charge in [0.05, 0.1) is 10.6 Å². The summed E-state index contributed by atoms with van der Waals surface area (Å²) in [7, 11) is -4.79. The van der Waals surface area contributed by atoms with Crippen molar-refractivity contribution >= 4 is 21.4 Å². The maximum absolute atomic E-state index is 12.7. The fourth-order valence-electron chi connectivity index (χ4n) is 1.81. The third-order valence-electron chi connectivity index (χ3n) is 2.99. The van der Waals surface area contributed by atoms with E-state index in [9.17, 15) is 22.0 Å². The Kier molecular flexibility index (Phi) is 4.56. The first kappa shape index (κ1) is 16.1. The van der Waals surface area contributed by atoms with Crippen LogP contribution in [0.1, 0.15) is 15.9 Å². The summed E-state index contributed by atoms with van der Waals surface area (Å²) in [4.78, 5) is 11.5. The molecule has 7 heteroatoms. The fourth-order valence-corrected chi connectivity index (χ4v) is 2.70. The van der Waals surface area contributed by atoms with E-state index in [4.69, 9.17) is 0 Å². The predicted molar refractivity (Wildman–Crippen MR) is 78.8 cm³/mol. The van der Waals surface area contributed by atoms with E-state index in [1.54, 1.807) is 24.3 Å². The molecule has 2 rings (SSSR count). The molecule has 0 unspecified atom stereocenters. The molecule has 0 aromatic heterocycles. The predicted octanol–water partition coefficient (Wildman–Crippen LogP) is 3.24. The summed E-state index contributed by atoms with van der Waals surface area (Å²) in [6.07, 6.45) is 0. The van der Waals surface area contributed by atoms with Crippen molar-refractivity contribution in [3.05, 3.63) is 59.7 Å². The van der Waals surface area contributed by atoms with Crippen molar-refractivity contribution in [2.75, 3.05) is 5.32 Å². The van der Waals surface area contributed by atoms with Gasteiger partial charge in [-0.2, -0.15) is 8.78 Å². The Morgan fingerprint density at radius 1 is 1.05 bits per heavy atom. The third kappa shape index (κ3) is 3.30. The number of benzene rings is 2. The van der Waals surface area contributed by atoms with Crippen LogP contribution < -0.4 is 5.32 Å². The van der Waals surface area contributed by atoms with Crippen molar-refractivity contribution in [3.8, 4) is 0 Å². The Hall–Kier alpha value is -2.28. The molecule has 0 aliphatic heterocycles. The largest absolute Gasteiger partial charge is 0.341 e. The number of hydrogen-bond donors (Lipinski definition) is 1. The monoisotopic (exact) mass is 325 g/mol. The van der Waals surface area contributed by atoms with Gasteiger partial charge in [-0.3, -0.25) is 4.79 Å². The van der Waals surface area contributed by atoms with E-state index in [1.807, 2.05) is 6.92 Å². The van der Waals surface area contributed by atoms with Crippen LogP contribution in [0, 0.1) is 6.92 Å². The van der Waals surface area contributed by atoms with E-state index < -0.39 is 26.4 Å². The first-order valence-electron chi connectivity index (χ1n) is 6.31. The molecule has 116 valence electrons. The van der Waals surface area contributed by atoms with Gasteiger partial charge in [-0.05, 0) is 31.2 Å². The highest BCUT2D eigenvalue weighted by atomic mass is 32.2. The molecule has 0 bridgehead atoms. The molecule has 0 heterocycles. The number of hydrogen-bond acceptors (Lipinski definition) is 3. The number of alkyl halides is 2. The zero-order valence-corrected chi connectivity index (χ0v) is 12.4. The highest BCUT2D eigenvalue weighted by Gasteiger charge is 2.29. The summed E-state index contributed by atoms with van der Waals surface area (Å²) in [6.45, 7) is 1.85. The third-order valence-corrected chi connectivity index (χ3v) is 4.43. The summed E-state index contributed by atoms with van der Waals surface area (Å²) in [6, 6.07) is 11.6. The Morgan fingerprint density at radius 3 is 2.23 bits per heavy atom. The highest BCUT2D eigenvalue weighted by Crippen LogP contribution is 2.26. The van der Waals surface area contributed by atoms with Crippen molar-refractivity contribution in [3.63, 3.8) is 0 Å². The van der Waals surface area contributed by atoms with Gasteiger partial charge in [0.1, 0.15) is 0 Å². The molecule has 0 saturated heterocycles. The normalized spacial score (nSPS) is 11.5. The van der Waals surface area contributed by atoms with Crippen LogP contribution in [-0.4, -0.2) is 20.1 Å². The van der Waals surface area contributed by atoms with Gasteiger partial charge in [-0.25, -0.2) is 8.42 Å². The standard InChI is InChI=1S/C15H13F2NO3S/c1-10-6-8-11(9-7-10)14(19)18-12-4-2-3-5-13(12)22(20,21)15(16)17/h2-9,15H,1H3,(H,18,19). The van der Waals surface area contributed by atoms with Crippen molar-refractivity contribution in [1.29, 1.82) is 0 Å². The lowest BCUT2D eigenvalue weighted by Gasteiger charge is -2.11. The number of carbonyl (C=O) groups is 1. The second kappa shape index (κ2) is 6.23. The van der Waals surface area contributed by atoms with Gasteiger partial charge < -0.3 is 5.32 Å². The summed E-state index contributed by atoms with van der Waals surface area (Å²) in [5.74, 6) is -4.12. The number of halogens is 2. The van der Waals surface area contributed by atoms with Crippen LogP contribution in [0.15, 0.2) is 53.4 Å². The highest BCUT2D eigenvalue weighted by molar-refractivity contribution is 7.91. The van der Waals surface area contributed by atoms with Gasteiger partial charge in [0, 0.05) is 5.56 Å². The zero-order valence-electron chi connectivity index (χ0n) is 11.6. The SMILES string of the molecule is Cc1ccc(C(=O)Nc2ccccc2S(=O)(=O)C(F)F)cc1. The molecule has 0 aliphatic rings. The van der Waals surface area contributed by atoms with Crippen LogP contribution >= 0.6 is 0 Å². The summed E-state index contributed by atoms with van der Waals surface area (Å²) in [5.41, 5.74) is 1.08. The molecule has 0 spiro atoms. The molecular weight excluding hydrogens is 312 g/mol. The fraction of sp³-hybridized carbons (Fsp3) is 0.133. The van der Waals surface area contributed by atoms with E-state index in [0.717, 1.165) is 11.6 Å². The van der Waals surface area contributed by atoms with E-state index in [0.29, 0.717) is 5.56 Å². The Morgan fingerprint density at radius 2 is 1.64 bits per heavy atom. The molecule has 4 nitrogen and oxygen atoms in total. The molecule has 22 heavy (non-hydrogen) atoms. The van der Waals surface area contributed by atoms with Crippen molar-refractivity contribution < 1.29 is 22.0 Å². The van der Waals surface area contributed by atoms with E-state index in [2.05, 4.69) is 5.32 Å². The summed E-state index contributed by atoms with van der Waals surface area (Å²) < 4.78 is 48.6. The summed E-state index contributed by atoms with van der Waals surface area (Å²) in [5, 5.41) is 2.36. The Labute approximate surface area is 126 Å². The number of nitrogens with one attached hydrogen (secondary N) is 1. The van der Waals surface area contributed by atoms with E-state index >= 15 is 0 Å². The second-order valence-electron chi connectivity index (χ2n) is 4.62. The smallest absolute Gasteiger partial charge is 0.321 e. The Bertz CT molecular complexity index is 787. The van der Waals surface area contributed by atoms with Crippen LogP contribution in [0.5, 0.6) is 0 Å². The van der Waals surface area contributed by atoms with Crippen LogP contribution in [-0.2, 0) is 9.84 Å². The maximum atomic E-state index is 12.7. The second-order valence-corrected chi connectivity index (χ2v) is 6.51. The molecule has 1 N–H and O–H groups in total. The lowest BCUT2D eigenvalue weighted by atomic mass is 10.1. The van der Waals surface area contributed by atoms with Gasteiger partial charge in [-0.1, -0.05) is 29.8 Å². The van der Waals surface area contributed by atoms with Crippen LogP contribution in [0.2, 0.25) is 0 Å². The van der Waals surface area contributed by atoms with Crippen LogP contribution in [0.25, 0.3) is 0 Å². The number of amides is 1. The average molecular weight is 325 g/mol. The number of aryl methyl sites for hydroxylation is 1. The van der Waals surface area contributed by atoms with Gasteiger partial charge >= 0.3 is 5.76 Å². The minimum absolute atomic E-state index is 0.173. The molecular formula is C15H13F2NO3S. The van der Waals surface area contributed by atoms with Crippen LogP contribution in [0.4, 0.5) is 14.5 Å². The van der Waals surface area contributed by atoms with Crippen molar-refractivity contribution in [1.82, 2.24) is 0 Å². The zero-order chi connectivity index (χ0) is 16.3. The lowest BCUT2D eigenvalue weighted by molar-refractivity contribution is 0.102. The van der Waals surface area contributed by atoms with Gasteiger partial charge in [0.25, 0.3) is 5.91 Å². The van der Waals surface area contributed by atoms with Crippen molar-refractivity contribution in [2.45, 2.75) is 17.6 Å². The van der Waals surface area contributed by atoms with Crippen LogP contribution in [0.3, 0.4) is 0 Å². The van der Waals surface area contributed by atoms with Gasteiger partial charge in [-0.15, -0.1) is 0 Å². The number of para-hydroxylation sites is 1. The molecule has 0 aliphatic carbocycles. The molecule has 0 radical (unpaired) electrons. The average Bonchev–Trinajstić information content (AvgIpc) is 2.48. The molecule has 0 atom stereocenters. The number of carbonyl (C=O) groups excluding carboxylic acids is 1. The number of anilines is 1. The van der Waals surface area contributed by atoms with Crippen molar-refractivity contribution in [2.24, 2.45) is 0 Å². The molecule has 1 amide bonds. The number of sulfone groups is 1. The summed E-state index contributed by atoms with van der Waals surface area (Å²) >= 11 is 0. The first-order chi connectivity index (χ1) is 10.3. The van der Waals surface area contributed by atoms with Gasteiger partial charge in [0.2, 0.25) is 9.84 Å². The topological polar surface area (TPSA) is 63.2 Å². The minimum atomic E-state index is -4.79. The maximum Gasteiger partial charge on any atom is 0.341 e. The van der Waals surface area contributed by atoms with E-state index in [-0.39, 0.29) is 5.69 Å². The quantitative estimate of drug-likeness (QED) is 0.938. The molecule has 0 saturated carbocycles.